The summed E-state index contributed by atoms with van der Waals surface area (Å²) < 4.78 is 5.22. The molecule has 0 spiro atoms. The van der Waals surface area contributed by atoms with E-state index in [1.165, 1.54) is 0 Å². The number of carbonyl (C=O) groups is 3. The van der Waals surface area contributed by atoms with Gasteiger partial charge in [0.25, 0.3) is 11.8 Å². The van der Waals surface area contributed by atoms with Crippen molar-refractivity contribution < 1.29 is 19.1 Å². The highest BCUT2D eigenvalue weighted by Gasteiger charge is 2.24. The average molecular weight is 369 g/mol. The zero-order chi connectivity index (χ0) is 19.8. The molecule has 0 bridgehead atoms. The standard InChI is InChI=1S/C20H23N3O4/c1-13(2)18(23-19(25)14-7-4-3-5-8-14)20(26)22-15-9-6-10-16(11-15)27-12-17(21)24/h3-11,13,18H,12H2,1-2H3,(H2,21,24)(H,22,26)(H,23,25)/t18-/m1/s1. The van der Waals surface area contributed by atoms with Crippen LogP contribution in [0.5, 0.6) is 5.75 Å². The fourth-order valence-electron chi connectivity index (χ4n) is 2.39. The van der Waals surface area contributed by atoms with Gasteiger partial charge in [0.1, 0.15) is 11.8 Å². The van der Waals surface area contributed by atoms with Gasteiger partial charge in [-0.2, -0.15) is 0 Å². The maximum Gasteiger partial charge on any atom is 0.255 e. The van der Waals surface area contributed by atoms with E-state index in [0.717, 1.165) is 0 Å². The van der Waals surface area contributed by atoms with E-state index in [0.29, 0.717) is 17.0 Å². The third-order valence-corrected chi connectivity index (χ3v) is 3.75. The Balaban J connectivity index is 2.05. The Morgan fingerprint density at radius 2 is 1.74 bits per heavy atom. The molecule has 0 saturated heterocycles. The lowest BCUT2D eigenvalue weighted by Gasteiger charge is -2.22. The summed E-state index contributed by atoms with van der Waals surface area (Å²) >= 11 is 0. The van der Waals surface area contributed by atoms with Crippen molar-refractivity contribution in [2.45, 2.75) is 19.9 Å². The van der Waals surface area contributed by atoms with E-state index in [2.05, 4.69) is 10.6 Å². The number of nitrogens with two attached hydrogens (primary N) is 1. The molecule has 0 aromatic heterocycles. The summed E-state index contributed by atoms with van der Waals surface area (Å²) in [6.07, 6.45) is 0. The second-order valence-electron chi connectivity index (χ2n) is 6.33. The van der Waals surface area contributed by atoms with Gasteiger partial charge >= 0.3 is 0 Å². The van der Waals surface area contributed by atoms with Gasteiger partial charge in [0.2, 0.25) is 5.91 Å². The Labute approximate surface area is 157 Å². The number of benzene rings is 2. The first-order valence-electron chi connectivity index (χ1n) is 8.54. The predicted molar refractivity (Wildman–Crippen MR) is 102 cm³/mol. The Bertz CT molecular complexity index is 806. The molecule has 0 aliphatic heterocycles. The van der Waals surface area contributed by atoms with E-state index in [1.54, 1.807) is 48.5 Å². The van der Waals surface area contributed by atoms with Crippen molar-refractivity contribution in [2.75, 3.05) is 11.9 Å². The van der Waals surface area contributed by atoms with E-state index in [1.807, 2.05) is 19.9 Å². The van der Waals surface area contributed by atoms with Gasteiger partial charge in [-0.15, -0.1) is 0 Å². The molecule has 7 nitrogen and oxygen atoms in total. The fourth-order valence-corrected chi connectivity index (χ4v) is 2.39. The van der Waals surface area contributed by atoms with Crippen LogP contribution in [0.2, 0.25) is 0 Å². The van der Waals surface area contributed by atoms with Crippen LogP contribution in [-0.2, 0) is 9.59 Å². The molecule has 142 valence electrons. The number of hydrogen-bond donors (Lipinski definition) is 3. The van der Waals surface area contributed by atoms with Crippen LogP contribution in [0.15, 0.2) is 54.6 Å². The van der Waals surface area contributed by atoms with Crippen LogP contribution in [0.4, 0.5) is 5.69 Å². The number of rotatable bonds is 8. The molecule has 2 aromatic carbocycles. The van der Waals surface area contributed by atoms with Crippen LogP contribution in [-0.4, -0.2) is 30.4 Å². The van der Waals surface area contributed by atoms with E-state index in [-0.39, 0.29) is 24.3 Å². The Kier molecular flexibility index (Phi) is 6.93. The minimum absolute atomic E-state index is 0.119. The molecule has 1 atom stereocenters. The minimum Gasteiger partial charge on any atom is -0.484 e. The van der Waals surface area contributed by atoms with Crippen LogP contribution >= 0.6 is 0 Å². The molecule has 0 heterocycles. The highest BCUT2D eigenvalue weighted by molar-refractivity contribution is 6.01. The lowest BCUT2D eigenvalue weighted by molar-refractivity contribution is -0.120. The van der Waals surface area contributed by atoms with Gasteiger partial charge in [-0.3, -0.25) is 14.4 Å². The van der Waals surface area contributed by atoms with Crippen molar-refractivity contribution in [3.63, 3.8) is 0 Å². The molecule has 4 N–H and O–H groups in total. The summed E-state index contributed by atoms with van der Waals surface area (Å²) in [4.78, 5) is 35.8. The lowest BCUT2D eigenvalue weighted by Crippen LogP contribution is -2.47. The Morgan fingerprint density at radius 3 is 2.37 bits per heavy atom. The first-order valence-corrected chi connectivity index (χ1v) is 8.54. The molecule has 0 aliphatic carbocycles. The zero-order valence-corrected chi connectivity index (χ0v) is 15.3. The fraction of sp³-hybridized carbons (Fsp3) is 0.250. The third-order valence-electron chi connectivity index (χ3n) is 3.75. The molecule has 0 radical (unpaired) electrons. The summed E-state index contributed by atoms with van der Waals surface area (Å²) in [6.45, 7) is 3.45. The van der Waals surface area contributed by atoms with Crippen LogP contribution in [0.25, 0.3) is 0 Å². The summed E-state index contributed by atoms with van der Waals surface area (Å²) in [5.41, 5.74) is 6.02. The molecular formula is C20H23N3O4. The van der Waals surface area contributed by atoms with Gasteiger partial charge in [-0.05, 0) is 30.2 Å². The van der Waals surface area contributed by atoms with Crippen LogP contribution in [0.3, 0.4) is 0 Å². The van der Waals surface area contributed by atoms with Crippen LogP contribution in [0, 0.1) is 5.92 Å². The molecule has 0 fully saturated rings. The molecule has 27 heavy (non-hydrogen) atoms. The molecule has 2 aromatic rings. The van der Waals surface area contributed by atoms with Crippen LogP contribution in [0.1, 0.15) is 24.2 Å². The number of ether oxygens (including phenoxy) is 1. The summed E-state index contributed by atoms with van der Waals surface area (Å²) in [5.74, 6) is -0.967. The second-order valence-corrected chi connectivity index (χ2v) is 6.33. The second kappa shape index (κ2) is 9.38. The Morgan fingerprint density at radius 1 is 1.04 bits per heavy atom. The van der Waals surface area contributed by atoms with Gasteiger partial charge in [0.05, 0.1) is 0 Å². The van der Waals surface area contributed by atoms with E-state index in [9.17, 15) is 14.4 Å². The number of nitrogens with one attached hydrogen (secondary N) is 2. The molecule has 2 rings (SSSR count). The largest absolute Gasteiger partial charge is 0.484 e. The smallest absolute Gasteiger partial charge is 0.255 e. The van der Waals surface area contributed by atoms with Crippen LogP contribution < -0.4 is 21.1 Å². The number of anilines is 1. The van der Waals surface area contributed by atoms with Gasteiger partial charge in [0, 0.05) is 17.3 Å². The number of primary amides is 1. The van der Waals surface area contributed by atoms with Gasteiger partial charge < -0.3 is 21.1 Å². The first-order chi connectivity index (χ1) is 12.9. The normalized spacial score (nSPS) is 11.5. The highest BCUT2D eigenvalue weighted by Crippen LogP contribution is 2.18. The summed E-state index contributed by atoms with van der Waals surface area (Å²) in [6, 6.07) is 14.6. The highest BCUT2D eigenvalue weighted by atomic mass is 16.5. The minimum atomic E-state index is -0.715. The SMILES string of the molecule is CC(C)[C@@H](NC(=O)c1ccccc1)C(=O)Nc1cccc(OCC(N)=O)c1. The number of hydrogen-bond acceptors (Lipinski definition) is 4. The summed E-state index contributed by atoms with van der Waals surface area (Å²) in [5, 5.41) is 5.52. The molecule has 0 aliphatic rings. The van der Waals surface area contributed by atoms with E-state index >= 15 is 0 Å². The molecule has 0 unspecified atom stereocenters. The van der Waals surface area contributed by atoms with Crippen molar-refractivity contribution in [2.24, 2.45) is 11.7 Å². The zero-order valence-electron chi connectivity index (χ0n) is 15.3. The monoisotopic (exact) mass is 369 g/mol. The van der Waals surface area contributed by atoms with E-state index < -0.39 is 11.9 Å². The quantitative estimate of drug-likeness (QED) is 0.660. The van der Waals surface area contributed by atoms with Gasteiger partial charge in [-0.25, -0.2) is 0 Å². The van der Waals surface area contributed by atoms with Crippen molar-refractivity contribution in [3.05, 3.63) is 60.2 Å². The number of amides is 3. The molecule has 3 amide bonds. The maximum atomic E-state index is 12.7. The van der Waals surface area contributed by atoms with Gasteiger partial charge in [0.15, 0.2) is 6.61 Å². The topological polar surface area (TPSA) is 111 Å². The first kappa shape index (κ1) is 20.0. The third kappa shape index (κ3) is 6.14. The maximum absolute atomic E-state index is 12.7. The number of carbonyl (C=O) groups excluding carboxylic acids is 3. The average Bonchev–Trinajstić information content (AvgIpc) is 2.65. The van der Waals surface area contributed by atoms with Crippen molar-refractivity contribution >= 4 is 23.4 Å². The van der Waals surface area contributed by atoms with Crippen molar-refractivity contribution in [1.29, 1.82) is 0 Å². The van der Waals surface area contributed by atoms with E-state index in [4.69, 9.17) is 10.5 Å². The summed E-state index contributed by atoms with van der Waals surface area (Å²) in [7, 11) is 0. The van der Waals surface area contributed by atoms with Crippen molar-refractivity contribution in [3.8, 4) is 5.75 Å². The molecule has 7 heteroatoms. The molecular weight excluding hydrogens is 346 g/mol. The predicted octanol–water partition coefficient (Wildman–Crippen LogP) is 1.94. The lowest BCUT2D eigenvalue weighted by atomic mass is 10.0. The molecule has 0 saturated carbocycles. The van der Waals surface area contributed by atoms with Crippen molar-refractivity contribution in [1.82, 2.24) is 5.32 Å². The Hall–Kier alpha value is -3.35. The van der Waals surface area contributed by atoms with Gasteiger partial charge in [-0.1, -0.05) is 38.1 Å².